The summed E-state index contributed by atoms with van der Waals surface area (Å²) in [6.07, 6.45) is 6.09. The standard InChI is InChI=1S/C10H18N2O/c1-4-6-12(7-5-2)10(13)9(3)8-11/h1,9H,5-8,11H2,2-3H3. The van der Waals surface area contributed by atoms with Gasteiger partial charge in [0.15, 0.2) is 0 Å². The van der Waals surface area contributed by atoms with Crippen molar-refractivity contribution in [3.05, 3.63) is 0 Å². The van der Waals surface area contributed by atoms with E-state index in [2.05, 4.69) is 5.92 Å². The third-order valence-electron chi connectivity index (χ3n) is 1.86. The highest BCUT2D eigenvalue weighted by molar-refractivity contribution is 5.78. The van der Waals surface area contributed by atoms with Crippen molar-refractivity contribution >= 4 is 5.91 Å². The Morgan fingerprint density at radius 2 is 2.31 bits per heavy atom. The van der Waals surface area contributed by atoms with Crippen LogP contribution in [0.25, 0.3) is 0 Å². The lowest BCUT2D eigenvalue weighted by atomic mass is 10.1. The number of nitrogens with two attached hydrogens (primary N) is 1. The molecule has 0 saturated heterocycles. The summed E-state index contributed by atoms with van der Waals surface area (Å²) in [5.41, 5.74) is 5.40. The molecule has 0 bridgehead atoms. The minimum atomic E-state index is -0.125. The maximum Gasteiger partial charge on any atom is 0.227 e. The minimum absolute atomic E-state index is 0.0577. The number of carbonyl (C=O) groups is 1. The quantitative estimate of drug-likeness (QED) is 0.628. The molecule has 1 unspecified atom stereocenters. The van der Waals surface area contributed by atoms with E-state index in [-0.39, 0.29) is 11.8 Å². The van der Waals surface area contributed by atoms with Crippen LogP contribution in [0, 0.1) is 18.3 Å². The van der Waals surface area contributed by atoms with Crippen molar-refractivity contribution in [1.29, 1.82) is 0 Å². The summed E-state index contributed by atoms with van der Waals surface area (Å²) in [6.45, 7) is 5.32. The van der Waals surface area contributed by atoms with Gasteiger partial charge in [-0.15, -0.1) is 6.42 Å². The van der Waals surface area contributed by atoms with Crippen molar-refractivity contribution in [3.63, 3.8) is 0 Å². The van der Waals surface area contributed by atoms with E-state index in [4.69, 9.17) is 12.2 Å². The van der Waals surface area contributed by atoms with Gasteiger partial charge in [0.05, 0.1) is 6.54 Å². The average molecular weight is 182 g/mol. The highest BCUT2D eigenvalue weighted by Crippen LogP contribution is 2.01. The lowest BCUT2D eigenvalue weighted by molar-refractivity contribution is -0.134. The molecule has 0 aliphatic carbocycles. The van der Waals surface area contributed by atoms with E-state index in [9.17, 15) is 4.79 Å². The molecule has 0 saturated carbocycles. The van der Waals surface area contributed by atoms with E-state index < -0.39 is 0 Å². The van der Waals surface area contributed by atoms with E-state index in [0.29, 0.717) is 19.6 Å². The van der Waals surface area contributed by atoms with Crippen LogP contribution in [0.1, 0.15) is 20.3 Å². The Balaban J connectivity index is 4.19. The van der Waals surface area contributed by atoms with Gasteiger partial charge in [-0.1, -0.05) is 19.8 Å². The van der Waals surface area contributed by atoms with Gasteiger partial charge in [0.1, 0.15) is 0 Å². The van der Waals surface area contributed by atoms with E-state index in [1.807, 2.05) is 13.8 Å². The third-order valence-corrected chi connectivity index (χ3v) is 1.86. The molecule has 1 amide bonds. The topological polar surface area (TPSA) is 46.3 Å². The van der Waals surface area contributed by atoms with Crippen LogP contribution < -0.4 is 5.73 Å². The summed E-state index contributed by atoms with van der Waals surface area (Å²) in [6, 6.07) is 0. The van der Waals surface area contributed by atoms with Gasteiger partial charge >= 0.3 is 0 Å². The minimum Gasteiger partial charge on any atom is -0.331 e. The fourth-order valence-corrected chi connectivity index (χ4v) is 1.06. The molecule has 2 N–H and O–H groups in total. The molecule has 0 aliphatic rings. The molecular weight excluding hydrogens is 164 g/mol. The number of hydrogen-bond acceptors (Lipinski definition) is 2. The van der Waals surface area contributed by atoms with Crippen molar-refractivity contribution in [1.82, 2.24) is 4.90 Å². The molecule has 0 aromatic heterocycles. The lowest BCUT2D eigenvalue weighted by Gasteiger charge is -2.22. The Labute approximate surface area is 80.3 Å². The van der Waals surface area contributed by atoms with Crippen molar-refractivity contribution in [2.45, 2.75) is 20.3 Å². The fourth-order valence-electron chi connectivity index (χ4n) is 1.06. The van der Waals surface area contributed by atoms with Crippen LogP contribution in [0.3, 0.4) is 0 Å². The molecule has 3 nitrogen and oxygen atoms in total. The Morgan fingerprint density at radius 1 is 1.69 bits per heavy atom. The van der Waals surface area contributed by atoms with Gasteiger partial charge in [-0.25, -0.2) is 0 Å². The zero-order valence-electron chi connectivity index (χ0n) is 8.42. The average Bonchev–Trinajstić information content (AvgIpc) is 2.15. The number of amides is 1. The van der Waals surface area contributed by atoms with Gasteiger partial charge in [-0.2, -0.15) is 0 Å². The normalized spacial score (nSPS) is 11.8. The second kappa shape index (κ2) is 6.50. The Hall–Kier alpha value is -1.01. The Kier molecular flexibility index (Phi) is 5.99. The predicted molar refractivity (Wildman–Crippen MR) is 53.9 cm³/mol. The van der Waals surface area contributed by atoms with E-state index in [0.717, 1.165) is 6.42 Å². The van der Waals surface area contributed by atoms with E-state index >= 15 is 0 Å². The van der Waals surface area contributed by atoms with Crippen LogP contribution in [0.5, 0.6) is 0 Å². The van der Waals surface area contributed by atoms with E-state index in [1.165, 1.54) is 0 Å². The number of hydrogen-bond donors (Lipinski definition) is 1. The number of carbonyl (C=O) groups excluding carboxylic acids is 1. The monoisotopic (exact) mass is 182 g/mol. The third kappa shape index (κ3) is 3.95. The molecule has 74 valence electrons. The molecule has 0 fully saturated rings. The molecule has 0 aromatic carbocycles. The van der Waals surface area contributed by atoms with Crippen LogP contribution in [-0.2, 0) is 4.79 Å². The van der Waals surface area contributed by atoms with Gasteiger partial charge in [0, 0.05) is 19.0 Å². The summed E-state index contributed by atoms with van der Waals surface area (Å²) >= 11 is 0. The summed E-state index contributed by atoms with van der Waals surface area (Å²) in [7, 11) is 0. The number of nitrogens with zero attached hydrogens (tertiary/aromatic N) is 1. The molecule has 0 radical (unpaired) electrons. The van der Waals surface area contributed by atoms with Crippen molar-refractivity contribution < 1.29 is 4.79 Å². The zero-order valence-corrected chi connectivity index (χ0v) is 8.42. The maximum absolute atomic E-state index is 11.6. The van der Waals surface area contributed by atoms with Gasteiger partial charge in [0.2, 0.25) is 5.91 Å². The molecule has 0 heterocycles. The van der Waals surface area contributed by atoms with Crippen LogP contribution >= 0.6 is 0 Å². The molecule has 1 atom stereocenters. The summed E-state index contributed by atoms with van der Waals surface area (Å²) in [5, 5.41) is 0. The largest absolute Gasteiger partial charge is 0.331 e. The Morgan fingerprint density at radius 3 is 2.69 bits per heavy atom. The second-order valence-electron chi connectivity index (χ2n) is 3.10. The van der Waals surface area contributed by atoms with Crippen LogP contribution in [0.2, 0.25) is 0 Å². The Bertz CT molecular complexity index is 196. The first-order valence-electron chi connectivity index (χ1n) is 4.59. The van der Waals surface area contributed by atoms with Gasteiger partial charge in [-0.3, -0.25) is 4.79 Å². The molecule has 13 heavy (non-hydrogen) atoms. The summed E-state index contributed by atoms with van der Waals surface area (Å²) < 4.78 is 0. The summed E-state index contributed by atoms with van der Waals surface area (Å²) in [5.74, 6) is 2.41. The second-order valence-corrected chi connectivity index (χ2v) is 3.10. The lowest BCUT2D eigenvalue weighted by Crippen LogP contribution is -2.38. The van der Waals surface area contributed by atoms with E-state index in [1.54, 1.807) is 4.90 Å². The zero-order chi connectivity index (χ0) is 10.3. The van der Waals surface area contributed by atoms with Gasteiger partial charge in [0.25, 0.3) is 0 Å². The first-order chi connectivity index (χ1) is 6.17. The van der Waals surface area contributed by atoms with Crippen molar-refractivity contribution in [2.75, 3.05) is 19.6 Å². The van der Waals surface area contributed by atoms with Gasteiger partial charge < -0.3 is 10.6 Å². The molecule has 0 aromatic rings. The molecule has 0 rings (SSSR count). The molecular formula is C10H18N2O. The highest BCUT2D eigenvalue weighted by atomic mass is 16.2. The van der Waals surface area contributed by atoms with Crippen LogP contribution in [0.4, 0.5) is 0 Å². The smallest absolute Gasteiger partial charge is 0.227 e. The number of terminal acetylenes is 1. The fraction of sp³-hybridized carbons (Fsp3) is 0.700. The molecule has 0 aliphatic heterocycles. The summed E-state index contributed by atoms with van der Waals surface area (Å²) in [4.78, 5) is 13.3. The van der Waals surface area contributed by atoms with Crippen molar-refractivity contribution in [3.8, 4) is 12.3 Å². The van der Waals surface area contributed by atoms with Crippen LogP contribution in [-0.4, -0.2) is 30.4 Å². The SMILES string of the molecule is C#CCN(CCC)C(=O)C(C)CN. The molecule has 3 heteroatoms. The maximum atomic E-state index is 11.6. The number of rotatable bonds is 5. The van der Waals surface area contributed by atoms with Crippen molar-refractivity contribution in [2.24, 2.45) is 11.7 Å². The highest BCUT2D eigenvalue weighted by Gasteiger charge is 2.17. The molecule has 0 spiro atoms. The first-order valence-corrected chi connectivity index (χ1v) is 4.59. The first kappa shape index (κ1) is 12.0. The predicted octanol–water partition coefficient (Wildman–Crippen LogP) is 0.453. The van der Waals surface area contributed by atoms with Crippen LogP contribution in [0.15, 0.2) is 0 Å². The van der Waals surface area contributed by atoms with Gasteiger partial charge in [-0.05, 0) is 6.42 Å².